The average molecular weight is 82.1 g/mol. The molecule has 1 rings (SSSR count). The van der Waals surface area contributed by atoms with Gasteiger partial charge in [0, 0.05) is 0 Å². The highest BCUT2D eigenvalue weighted by atomic mass is 14.9. The van der Waals surface area contributed by atoms with Crippen LogP contribution in [0.4, 0.5) is 0 Å². The van der Waals surface area contributed by atoms with E-state index in [4.69, 9.17) is 0 Å². The Labute approximate surface area is 36.6 Å². The third kappa shape index (κ3) is 0.578. The molecule has 2 nitrogen and oxygen atoms in total. The highest BCUT2D eigenvalue weighted by Gasteiger charge is 1.88. The zero-order valence-electron chi connectivity index (χ0n) is 3.39. The Kier molecular flexibility index (Phi) is 0.906. The molecule has 0 unspecified atom stereocenters. The van der Waals surface area contributed by atoms with Gasteiger partial charge in [-0.15, -0.1) is 0 Å². The van der Waals surface area contributed by atoms with Crippen LogP contribution in [0.3, 0.4) is 0 Å². The molecule has 0 fully saturated rings. The fraction of sp³-hybridized carbons (Fsp3) is 0.250. The molecule has 0 aromatic carbocycles. The predicted octanol–water partition coefficient (Wildman–Crippen LogP) is -0.533. The molecule has 0 aliphatic carbocycles. The van der Waals surface area contributed by atoms with Crippen molar-refractivity contribution in [3.63, 3.8) is 0 Å². The van der Waals surface area contributed by atoms with Crippen molar-refractivity contribution >= 4 is 6.21 Å². The van der Waals surface area contributed by atoms with Crippen LogP contribution in [-0.2, 0) is 0 Å². The zero-order chi connectivity index (χ0) is 4.24. The number of hydrogen-bond acceptors (Lipinski definition) is 2. The summed E-state index contributed by atoms with van der Waals surface area (Å²) in [7, 11) is 0. The maximum atomic E-state index is 3.81. The molecule has 2 heteroatoms. The van der Waals surface area contributed by atoms with Crippen LogP contribution in [0.5, 0.6) is 0 Å². The van der Waals surface area contributed by atoms with E-state index in [1.165, 1.54) is 0 Å². The predicted molar refractivity (Wildman–Crippen MR) is 25.3 cm³/mol. The SMILES string of the molecule is C1=CNCC=[N+]1. The van der Waals surface area contributed by atoms with Crippen molar-refractivity contribution in [1.29, 1.82) is 0 Å². The second-order valence-electron chi connectivity index (χ2n) is 1.06. The van der Waals surface area contributed by atoms with E-state index in [2.05, 4.69) is 10.3 Å². The Morgan fingerprint density at radius 1 is 1.67 bits per heavy atom. The number of nitrogens with one attached hydrogen (secondary N) is 1. The van der Waals surface area contributed by atoms with Crippen LogP contribution in [-0.4, -0.2) is 12.8 Å². The second kappa shape index (κ2) is 1.60. The van der Waals surface area contributed by atoms with Crippen molar-refractivity contribution in [2.75, 3.05) is 6.54 Å². The van der Waals surface area contributed by atoms with E-state index >= 15 is 0 Å². The maximum absolute atomic E-state index is 3.81. The van der Waals surface area contributed by atoms with Crippen molar-refractivity contribution in [2.24, 2.45) is 0 Å². The van der Waals surface area contributed by atoms with Crippen molar-refractivity contribution in [1.82, 2.24) is 10.3 Å². The van der Waals surface area contributed by atoms with Gasteiger partial charge in [0.15, 0.2) is 0 Å². The summed E-state index contributed by atoms with van der Waals surface area (Å²) in [5.74, 6) is 0. The molecular formula is C4H6N2+. The smallest absolute Gasteiger partial charge is 0.257 e. The Morgan fingerprint density at radius 3 is 2.83 bits per heavy atom. The quantitative estimate of drug-likeness (QED) is 0.417. The summed E-state index contributed by atoms with van der Waals surface area (Å²) in [6.45, 7) is 0.872. The molecule has 1 radical (unpaired) electrons. The maximum Gasteiger partial charge on any atom is 0.257 e. The minimum Gasteiger partial charge on any atom is -0.377 e. The van der Waals surface area contributed by atoms with Gasteiger partial charge >= 0.3 is 0 Å². The molecule has 0 amide bonds. The van der Waals surface area contributed by atoms with Crippen LogP contribution < -0.4 is 10.3 Å². The standard InChI is InChI=1S/C4H6N2/c1-2-6-4-3-5-1/h1-3,6H,4H2/q+1. The summed E-state index contributed by atoms with van der Waals surface area (Å²) in [4.78, 5) is 3.81. The molecule has 1 N–H and O–H groups in total. The minimum absolute atomic E-state index is 0.872. The van der Waals surface area contributed by atoms with E-state index < -0.39 is 0 Å². The number of hydrogen-bond donors (Lipinski definition) is 1. The molecule has 0 bridgehead atoms. The highest BCUT2D eigenvalue weighted by Crippen LogP contribution is 1.61. The molecule has 0 spiro atoms. The molecule has 1 aliphatic rings. The Hall–Kier alpha value is -0.790. The van der Waals surface area contributed by atoms with Crippen LogP contribution in [0.25, 0.3) is 0 Å². The van der Waals surface area contributed by atoms with Crippen molar-refractivity contribution in [2.45, 2.75) is 0 Å². The molecule has 0 aromatic rings. The van der Waals surface area contributed by atoms with Gasteiger partial charge in [0.2, 0.25) is 6.21 Å². The van der Waals surface area contributed by atoms with Gasteiger partial charge in [-0.3, -0.25) is 0 Å². The van der Waals surface area contributed by atoms with Crippen LogP contribution in [0.1, 0.15) is 0 Å². The highest BCUT2D eigenvalue weighted by molar-refractivity contribution is 5.59. The molecule has 1 aliphatic heterocycles. The molecule has 0 saturated heterocycles. The lowest BCUT2D eigenvalue weighted by Gasteiger charge is -1.84. The minimum atomic E-state index is 0.872. The largest absolute Gasteiger partial charge is 0.377 e. The third-order valence-corrected chi connectivity index (χ3v) is 0.593. The Bertz CT molecular complexity index is 71.5. The van der Waals surface area contributed by atoms with E-state index in [0.29, 0.717) is 0 Å². The summed E-state index contributed by atoms with van der Waals surface area (Å²) in [5.41, 5.74) is 0. The normalized spacial score (nSPS) is 17.3. The van der Waals surface area contributed by atoms with E-state index in [0.717, 1.165) is 6.54 Å². The lowest BCUT2D eigenvalue weighted by atomic mass is 10.6. The molecular weight excluding hydrogens is 76.1 g/mol. The second-order valence-corrected chi connectivity index (χ2v) is 1.06. The first kappa shape index (κ1) is 3.40. The van der Waals surface area contributed by atoms with Crippen LogP contribution in [0, 0.1) is 0 Å². The fourth-order valence-corrected chi connectivity index (χ4v) is 0.330. The van der Waals surface area contributed by atoms with Gasteiger partial charge < -0.3 is 5.32 Å². The van der Waals surface area contributed by atoms with Crippen molar-refractivity contribution < 1.29 is 0 Å². The molecule has 6 heavy (non-hydrogen) atoms. The van der Waals surface area contributed by atoms with E-state index in [9.17, 15) is 0 Å². The summed E-state index contributed by atoms with van der Waals surface area (Å²) in [6.07, 6.45) is 5.36. The summed E-state index contributed by atoms with van der Waals surface area (Å²) < 4.78 is 0. The average Bonchev–Trinajstić information content (AvgIpc) is 1.72. The molecule has 0 atom stereocenters. The van der Waals surface area contributed by atoms with Gasteiger partial charge in [-0.25, -0.2) is 0 Å². The van der Waals surface area contributed by atoms with E-state index in [1.54, 1.807) is 6.20 Å². The first-order valence-electron chi connectivity index (χ1n) is 1.90. The monoisotopic (exact) mass is 82.1 g/mol. The molecule has 1 heterocycles. The molecule has 31 valence electrons. The third-order valence-electron chi connectivity index (χ3n) is 0.593. The van der Waals surface area contributed by atoms with Gasteiger partial charge in [-0.1, -0.05) is 0 Å². The van der Waals surface area contributed by atoms with Crippen LogP contribution in [0.2, 0.25) is 0 Å². The van der Waals surface area contributed by atoms with Gasteiger partial charge in [0.1, 0.15) is 0 Å². The fourth-order valence-electron chi connectivity index (χ4n) is 0.330. The summed E-state index contributed by atoms with van der Waals surface area (Å²) in [6, 6.07) is 0. The topological polar surface area (TPSA) is 26.1 Å². The first-order valence-corrected chi connectivity index (χ1v) is 1.90. The summed E-state index contributed by atoms with van der Waals surface area (Å²) in [5, 5.41) is 2.95. The van der Waals surface area contributed by atoms with Crippen molar-refractivity contribution in [3.05, 3.63) is 12.4 Å². The van der Waals surface area contributed by atoms with Crippen LogP contribution >= 0.6 is 0 Å². The Morgan fingerprint density at radius 2 is 2.67 bits per heavy atom. The first-order chi connectivity index (χ1) is 3.00. The molecule has 0 aromatic heterocycles. The lowest BCUT2D eigenvalue weighted by molar-refractivity contribution is 0.988. The number of nitrogens with zero attached hydrogens (tertiary/aromatic N) is 1. The van der Waals surface area contributed by atoms with Crippen molar-refractivity contribution in [3.8, 4) is 0 Å². The Balaban J connectivity index is 2.46. The lowest BCUT2D eigenvalue weighted by Crippen LogP contribution is -2.13. The van der Waals surface area contributed by atoms with Gasteiger partial charge in [0.25, 0.3) is 6.20 Å². The van der Waals surface area contributed by atoms with E-state index in [1.807, 2.05) is 12.4 Å². The van der Waals surface area contributed by atoms with Crippen LogP contribution in [0.15, 0.2) is 12.4 Å². The zero-order valence-corrected chi connectivity index (χ0v) is 3.39. The number of rotatable bonds is 0. The summed E-state index contributed by atoms with van der Waals surface area (Å²) >= 11 is 0. The van der Waals surface area contributed by atoms with Gasteiger partial charge in [-0.2, -0.15) is 0 Å². The van der Waals surface area contributed by atoms with Gasteiger partial charge in [0.05, 0.1) is 17.7 Å². The van der Waals surface area contributed by atoms with Gasteiger partial charge in [-0.05, 0) is 0 Å². The molecule has 0 saturated carbocycles. The van der Waals surface area contributed by atoms with E-state index in [-0.39, 0.29) is 0 Å². The number of aliphatic imine (C=N–C) groups is 1.